The molecule has 3 aromatic rings. The first-order chi connectivity index (χ1) is 14.2. The summed E-state index contributed by atoms with van der Waals surface area (Å²) < 4.78 is 45.2. The number of halogens is 3. The van der Waals surface area contributed by atoms with E-state index in [9.17, 15) is 22.8 Å². The number of rotatable bonds is 6. The van der Waals surface area contributed by atoms with Crippen molar-refractivity contribution in [3.05, 3.63) is 78.0 Å². The summed E-state index contributed by atoms with van der Waals surface area (Å²) in [6.45, 7) is 1.31. The highest BCUT2D eigenvalue weighted by Gasteiger charge is 2.30. The number of aromatic nitrogens is 2. The number of carbonyl (C=O) groups excluding carboxylic acids is 2. The van der Waals surface area contributed by atoms with Gasteiger partial charge in [0.05, 0.1) is 24.1 Å². The Labute approximate surface area is 170 Å². The van der Waals surface area contributed by atoms with E-state index in [2.05, 4.69) is 5.10 Å². The zero-order valence-corrected chi connectivity index (χ0v) is 16.1. The van der Waals surface area contributed by atoms with E-state index >= 15 is 0 Å². The number of methoxy groups -OCH3 is 1. The molecule has 8 heteroatoms. The molecule has 0 aliphatic rings. The minimum absolute atomic E-state index is 0.0539. The van der Waals surface area contributed by atoms with Crippen LogP contribution in [0.3, 0.4) is 0 Å². The van der Waals surface area contributed by atoms with E-state index in [1.54, 1.807) is 24.3 Å². The molecule has 30 heavy (non-hydrogen) atoms. The van der Waals surface area contributed by atoms with E-state index in [0.717, 1.165) is 24.3 Å². The van der Waals surface area contributed by atoms with Crippen molar-refractivity contribution in [3.8, 4) is 22.7 Å². The maximum atomic E-state index is 12.9. The zero-order chi connectivity index (χ0) is 21.9. The Kier molecular flexibility index (Phi) is 5.86. The Bertz CT molecular complexity index is 1100. The number of alkyl halides is 3. The fraction of sp³-hybridized carbons (Fsp3) is 0.136. The van der Waals surface area contributed by atoms with Gasteiger partial charge >= 0.3 is 6.18 Å². The number of ether oxygens (including phenoxy) is 1. The van der Waals surface area contributed by atoms with Gasteiger partial charge in [-0.25, -0.2) is 4.68 Å². The van der Waals surface area contributed by atoms with Gasteiger partial charge in [-0.3, -0.25) is 9.59 Å². The molecule has 0 spiro atoms. The number of hydrogen-bond donors (Lipinski definition) is 0. The van der Waals surface area contributed by atoms with E-state index in [1.807, 2.05) is 0 Å². The van der Waals surface area contributed by atoms with Crippen molar-refractivity contribution in [1.29, 1.82) is 0 Å². The molecule has 0 aliphatic carbocycles. The lowest BCUT2D eigenvalue weighted by atomic mass is 10.1. The fourth-order valence-corrected chi connectivity index (χ4v) is 2.74. The molecule has 5 nitrogen and oxygen atoms in total. The lowest BCUT2D eigenvalue weighted by Crippen LogP contribution is -2.06. The van der Waals surface area contributed by atoms with E-state index in [0.29, 0.717) is 22.7 Å². The number of allylic oxidation sites excluding steroid dienone is 2. The molecule has 0 fully saturated rings. The Hall–Kier alpha value is -3.68. The number of carbonyl (C=O) groups is 2. The van der Waals surface area contributed by atoms with Gasteiger partial charge in [-0.15, -0.1) is 0 Å². The summed E-state index contributed by atoms with van der Waals surface area (Å²) in [5.41, 5.74) is 0.793. The van der Waals surface area contributed by atoms with Gasteiger partial charge in [0.2, 0.25) is 5.78 Å². The summed E-state index contributed by atoms with van der Waals surface area (Å²) in [5.74, 6) is -0.161. The molecule has 0 saturated carbocycles. The van der Waals surface area contributed by atoms with Crippen LogP contribution < -0.4 is 4.74 Å². The van der Waals surface area contributed by atoms with Crippen molar-refractivity contribution in [1.82, 2.24) is 9.78 Å². The lowest BCUT2D eigenvalue weighted by Gasteiger charge is -2.10. The van der Waals surface area contributed by atoms with Crippen LogP contribution in [0.4, 0.5) is 13.2 Å². The number of benzene rings is 2. The molecule has 1 aromatic heterocycles. The standard InChI is InChI=1S/C22H17F3N2O3/c1-14(28)3-12-21(29)19-13-20(15-4-10-18(30-2)11-5-15)27(26-19)17-8-6-16(7-9-17)22(23,24)25/h3-13H,1-2H3/b12-3-. The topological polar surface area (TPSA) is 61.2 Å². The highest BCUT2D eigenvalue weighted by atomic mass is 19.4. The average molecular weight is 414 g/mol. The van der Waals surface area contributed by atoms with Crippen molar-refractivity contribution in [2.45, 2.75) is 13.1 Å². The van der Waals surface area contributed by atoms with Crippen LogP contribution >= 0.6 is 0 Å². The molecule has 0 atom stereocenters. The van der Waals surface area contributed by atoms with Crippen LogP contribution in [-0.4, -0.2) is 28.5 Å². The van der Waals surface area contributed by atoms with E-state index in [-0.39, 0.29) is 11.5 Å². The molecular weight excluding hydrogens is 397 g/mol. The summed E-state index contributed by atoms with van der Waals surface area (Å²) in [6.07, 6.45) is -2.22. The molecule has 1 heterocycles. The normalized spacial score (nSPS) is 11.6. The number of hydrogen-bond acceptors (Lipinski definition) is 4. The summed E-state index contributed by atoms with van der Waals surface area (Å²) in [4.78, 5) is 23.5. The van der Waals surface area contributed by atoms with Crippen molar-refractivity contribution in [2.75, 3.05) is 7.11 Å². The second-order valence-corrected chi connectivity index (χ2v) is 6.41. The third-order valence-corrected chi connectivity index (χ3v) is 4.26. The van der Waals surface area contributed by atoms with E-state index in [4.69, 9.17) is 4.74 Å². The molecule has 3 rings (SSSR count). The SMILES string of the molecule is COc1ccc(-c2cc(C(=O)/C=C\C(C)=O)nn2-c2ccc(C(F)(F)F)cc2)cc1. The fourth-order valence-electron chi connectivity index (χ4n) is 2.74. The van der Waals surface area contributed by atoms with Gasteiger partial charge in [0.15, 0.2) is 5.78 Å². The predicted molar refractivity (Wildman–Crippen MR) is 105 cm³/mol. The molecule has 2 aromatic carbocycles. The maximum Gasteiger partial charge on any atom is 0.416 e. The van der Waals surface area contributed by atoms with E-state index < -0.39 is 17.5 Å². The molecule has 0 radical (unpaired) electrons. The summed E-state index contributed by atoms with van der Waals surface area (Å²) in [5, 5.41) is 4.26. The summed E-state index contributed by atoms with van der Waals surface area (Å²) in [7, 11) is 1.53. The maximum absolute atomic E-state index is 12.9. The van der Waals surface area contributed by atoms with Gasteiger partial charge in [-0.2, -0.15) is 18.3 Å². The summed E-state index contributed by atoms with van der Waals surface area (Å²) in [6, 6.07) is 12.9. The second-order valence-electron chi connectivity index (χ2n) is 6.41. The van der Waals surface area contributed by atoms with Crippen molar-refractivity contribution in [2.24, 2.45) is 0 Å². The average Bonchev–Trinajstić information content (AvgIpc) is 3.17. The number of ketones is 2. The largest absolute Gasteiger partial charge is 0.497 e. The first kappa shape index (κ1) is 21.0. The van der Waals surface area contributed by atoms with Crippen LogP contribution in [0.25, 0.3) is 16.9 Å². The van der Waals surface area contributed by atoms with Crippen LogP contribution in [0.15, 0.2) is 66.7 Å². The second kappa shape index (κ2) is 8.36. The highest BCUT2D eigenvalue weighted by molar-refractivity contribution is 6.07. The first-order valence-corrected chi connectivity index (χ1v) is 8.84. The quantitative estimate of drug-likeness (QED) is 0.425. The highest BCUT2D eigenvalue weighted by Crippen LogP contribution is 2.31. The third-order valence-electron chi connectivity index (χ3n) is 4.26. The monoisotopic (exact) mass is 414 g/mol. The molecule has 0 unspecified atom stereocenters. The molecule has 0 aliphatic heterocycles. The van der Waals surface area contributed by atoms with Gasteiger partial charge in [-0.05, 0) is 73.7 Å². The van der Waals surface area contributed by atoms with E-state index in [1.165, 1.54) is 36.9 Å². The molecule has 0 bridgehead atoms. The number of nitrogens with zero attached hydrogens (tertiary/aromatic N) is 2. The minimum atomic E-state index is -4.46. The Morgan fingerprint density at radius 3 is 2.17 bits per heavy atom. The summed E-state index contributed by atoms with van der Waals surface area (Å²) >= 11 is 0. The molecule has 154 valence electrons. The van der Waals surface area contributed by atoms with Crippen molar-refractivity contribution >= 4 is 11.6 Å². The van der Waals surface area contributed by atoms with Crippen LogP contribution in [0.2, 0.25) is 0 Å². The molecular formula is C22H17F3N2O3. The van der Waals surface area contributed by atoms with Gasteiger partial charge in [0.25, 0.3) is 0 Å². The van der Waals surface area contributed by atoms with Gasteiger partial charge in [0, 0.05) is 5.56 Å². The molecule has 0 saturated heterocycles. The smallest absolute Gasteiger partial charge is 0.416 e. The van der Waals surface area contributed by atoms with Crippen LogP contribution in [0.1, 0.15) is 23.0 Å². The minimum Gasteiger partial charge on any atom is -0.497 e. The Morgan fingerprint density at radius 2 is 1.63 bits per heavy atom. The van der Waals surface area contributed by atoms with Gasteiger partial charge in [-0.1, -0.05) is 0 Å². The van der Waals surface area contributed by atoms with Crippen LogP contribution in [0.5, 0.6) is 5.75 Å². The lowest BCUT2D eigenvalue weighted by molar-refractivity contribution is -0.137. The van der Waals surface area contributed by atoms with Gasteiger partial charge in [0.1, 0.15) is 11.4 Å². The van der Waals surface area contributed by atoms with Gasteiger partial charge < -0.3 is 4.74 Å². The Balaban J connectivity index is 2.09. The molecule has 0 amide bonds. The predicted octanol–water partition coefficient (Wildman–Crippen LogP) is 4.89. The van der Waals surface area contributed by atoms with Crippen molar-refractivity contribution in [3.63, 3.8) is 0 Å². The molecule has 0 N–H and O–H groups in total. The first-order valence-electron chi connectivity index (χ1n) is 8.84. The third kappa shape index (κ3) is 4.65. The van der Waals surface area contributed by atoms with Crippen molar-refractivity contribution < 1.29 is 27.5 Å². The van der Waals surface area contributed by atoms with Crippen LogP contribution in [0, 0.1) is 0 Å². The zero-order valence-electron chi connectivity index (χ0n) is 16.1. The Morgan fingerprint density at radius 1 is 1.00 bits per heavy atom. The van der Waals surface area contributed by atoms with Crippen LogP contribution in [-0.2, 0) is 11.0 Å².